The van der Waals surface area contributed by atoms with Crippen LogP contribution < -0.4 is 0 Å². The van der Waals surface area contributed by atoms with Crippen LogP contribution in [0.3, 0.4) is 0 Å². The van der Waals surface area contributed by atoms with Gasteiger partial charge in [0.15, 0.2) is 0 Å². The lowest BCUT2D eigenvalue weighted by Crippen LogP contribution is -1.99. The minimum atomic E-state index is -4.05. The van der Waals surface area contributed by atoms with Gasteiger partial charge >= 0.3 is 7.82 Å². The zero-order chi connectivity index (χ0) is 11.0. The van der Waals surface area contributed by atoms with E-state index in [4.69, 9.17) is 0 Å². The van der Waals surface area contributed by atoms with Crippen molar-refractivity contribution in [2.45, 2.75) is 0 Å². The van der Waals surface area contributed by atoms with Crippen molar-refractivity contribution >= 4 is 18.8 Å². The quantitative estimate of drug-likeness (QED) is 0.389. The summed E-state index contributed by atoms with van der Waals surface area (Å²) in [6.07, 6.45) is 2.57. The van der Waals surface area contributed by atoms with Gasteiger partial charge < -0.3 is 0 Å². The number of hydrogen-bond acceptors (Lipinski definition) is 6. The molecule has 0 radical (unpaired) electrons. The highest BCUT2D eigenvalue weighted by atomic mass is 32.2. The van der Waals surface area contributed by atoms with Crippen LogP contribution in [0.5, 0.6) is 0 Å². The molecule has 0 aromatic heterocycles. The van der Waals surface area contributed by atoms with E-state index in [1.165, 1.54) is 12.2 Å². The highest BCUT2D eigenvalue weighted by molar-refractivity contribution is 7.74. The fourth-order valence-corrected chi connectivity index (χ4v) is 2.13. The second-order valence-electron chi connectivity index (χ2n) is 1.92. The summed E-state index contributed by atoms with van der Waals surface area (Å²) in [6.45, 7) is 6.31. The van der Waals surface area contributed by atoms with Crippen LogP contribution in [0.1, 0.15) is 0 Å². The fourth-order valence-electron chi connectivity index (χ4n) is 0.454. The Hall–Kier alpha value is -0.460. The molecule has 0 aliphatic rings. The Kier molecular flexibility index (Phi) is 6.69. The van der Waals surface area contributed by atoms with Gasteiger partial charge in [-0.15, -0.1) is 13.2 Å². The van der Waals surface area contributed by atoms with Gasteiger partial charge in [0.05, 0.1) is 13.2 Å². The van der Waals surface area contributed by atoms with Crippen LogP contribution in [-0.4, -0.2) is 21.6 Å². The van der Waals surface area contributed by atoms with Crippen molar-refractivity contribution < 1.29 is 26.0 Å². The molecule has 0 rings (SSSR count). The Labute approximate surface area is 83.9 Å². The van der Waals surface area contributed by atoms with Crippen molar-refractivity contribution in [3.63, 3.8) is 0 Å². The van der Waals surface area contributed by atoms with Gasteiger partial charge in [-0.25, -0.2) is 13.0 Å². The summed E-state index contributed by atoms with van der Waals surface area (Å²) in [6, 6.07) is 0. The van der Waals surface area contributed by atoms with Gasteiger partial charge in [-0.05, 0) is 0 Å². The van der Waals surface area contributed by atoms with Crippen molar-refractivity contribution in [2.24, 2.45) is 0 Å². The molecule has 8 heteroatoms. The van der Waals surface area contributed by atoms with Crippen molar-refractivity contribution in [3.05, 3.63) is 25.3 Å². The molecule has 14 heavy (non-hydrogen) atoms. The van der Waals surface area contributed by atoms with E-state index in [0.717, 1.165) is 0 Å². The molecule has 0 saturated heterocycles. The second-order valence-corrected chi connectivity index (χ2v) is 4.43. The molecule has 0 atom stereocenters. The van der Waals surface area contributed by atoms with E-state index in [9.17, 15) is 13.0 Å². The third-order valence-electron chi connectivity index (χ3n) is 0.868. The molecule has 0 aliphatic heterocycles. The van der Waals surface area contributed by atoms with Crippen molar-refractivity contribution in [1.82, 2.24) is 0 Å². The third kappa shape index (κ3) is 6.06. The molecule has 0 N–H and O–H groups in total. The van der Waals surface area contributed by atoms with E-state index in [0.29, 0.717) is 0 Å². The lowest BCUT2D eigenvalue weighted by Gasteiger charge is -2.12. The summed E-state index contributed by atoms with van der Waals surface area (Å²) in [5.74, 6) is 0. The molecule has 0 heterocycles. The molecule has 0 fully saturated rings. The maximum atomic E-state index is 11.4. The molecular formula is C6H11O6PS. The first-order chi connectivity index (χ1) is 6.54. The molecule has 0 saturated carbocycles. The molecule has 0 bridgehead atoms. The summed E-state index contributed by atoms with van der Waals surface area (Å²) in [5.41, 5.74) is 0. The van der Waals surface area contributed by atoms with E-state index < -0.39 is 18.8 Å². The van der Waals surface area contributed by atoms with Gasteiger partial charge in [-0.1, -0.05) is 12.2 Å². The number of phosphoric acid groups is 1. The monoisotopic (exact) mass is 242 g/mol. The van der Waals surface area contributed by atoms with Crippen molar-refractivity contribution in [3.8, 4) is 0 Å². The minimum absolute atomic E-state index is 0.141. The van der Waals surface area contributed by atoms with Gasteiger partial charge in [0.25, 0.3) is 11.0 Å². The first-order valence-electron chi connectivity index (χ1n) is 3.49. The van der Waals surface area contributed by atoms with E-state index >= 15 is 0 Å². The fraction of sp³-hybridized carbons (Fsp3) is 0.333. The Balaban J connectivity index is 4.38. The summed E-state index contributed by atoms with van der Waals surface area (Å²) in [5, 5.41) is 0. The van der Waals surface area contributed by atoms with Crippen LogP contribution >= 0.6 is 7.82 Å². The number of thiol groups is 1. The first kappa shape index (κ1) is 13.5. The largest absolute Gasteiger partial charge is 0.490 e. The molecule has 0 aromatic rings. The average molecular weight is 242 g/mol. The van der Waals surface area contributed by atoms with Gasteiger partial charge in [0.2, 0.25) is 0 Å². The number of hydrogen-bond donors (Lipinski definition) is 1. The lowest BCUT2D eigenvalue weighted by atomic mass is 10.7. The Morgan fingerprint density at radius 1 is 1.14 bits per heavy atom. The maximum absolute atomic E-state index is 11.4. The number of rotatable bonds is 8. The van der Waals surface area contributed by atoms with E-state index in [-0.39, 0.29) is 13.2 Å². The van der Waals surface area contributed by atoms with Gasteiger partial charge in [0.1, 0.15) is 0 Å². The highest BCUT2D eigenvalue weighted by Crippen LogP contribution is 2.49. The predicted molar refractivity (Wildman–Crippen MR) is 51.3 cm³/mol. The van der Waals surface area contributed by atoms with Crippen LogP contribution in [0, 0.1) is 0 Å². The molecular weight excluding hydrogens is 231 g/mol. The SMILES string of the molecule is C=CCOP(=O)(OCC=C)O[SH](=O)=O. The van der Waals surface area contributed by atoms with Crippen LogP contribution in [0.15, 0.2) is 25.3 Å². The normalized spacial score (nSPS) is 11.5. The molecule has 0 aromatic carbocycles. The summed E-state index contributed by atoms with van der Waals surface area (Å²) < 4.78 is 44.9. The molecule has 82 valence electrons. The highest BCUT2D eigenvalue weighted by Gasteiger charge is 2.27. The Morgan fingerprint density at radius 3 is 1.86 bits per heavy atom. The lowest BCUT2D eigenvalue weighted by molar-refractivity contribution is 0.185. The first-order valence-corrected chi connectivity index (χ1v) is 6.04. The molecule has 0 unspecified atom stereocenters. The minimum Gasteiger partial charge on any atom is -0.282 e. The zero-order valence-electron chi connectivity index (χ0n) is 7.33. The molecule has 0 aliphatic carbocycles. The van der Waals surface area contributed by atoms with Gasteiger partial charge in [-0.3, -0.25) is 9.05 Å². The topological polar surface area (TPSA) is 78.9 Å². The molecule has 0 amide bonds. The van der Waals surface area contributed by atoms with Crippen LogP contribution in [0.4, 0.5) is 0 Å². The molecule has 0 spiro atoms. The average Bonchev–Trinajstić information content (AvgIpc) is 2.11. The third-order valence-corrected chi connectivity index (χ3v) is 3.13. The summed E-state index contributed by atoms with van der Waals surface area (Å²) in [7, 11) is -7.35. The van der Waals surface area contributed by atoms with E-state index in [1.807, 2.05) is 0 Å². The Bertz CT molecular complexity index is 285. The van der Waals surface area contributed by atoms with Crippen LogP contribution in [0.2, 0.25) is 0 Å². The summed E-state index contributed by atoms with van der Waals surface area (Å²) >= 11 is 0. The predicted octanol–water partition coefficient (Wildman–Crippen LogP) is 1.04. The van der Waals surface area contributed by atoms with Crippen molar-refractivity contribution in [1.29, 1.82) is 0 Å². The van der Waals surface area contributed by atoms with Gasteiger partial charge in [-0.2, -0.15) is 3.97 Å². The number of phosphoric ester groups is 1. The molecule has 6 nitrogen and oxygen atoms in total. The zero-order valence-corrected chi connectivity index (χ0v) is 9.12. The Morgan fingerprint density at radius 2 is 1.57 bits per heavy atom. The summed E-state index contributed by atoms with van der Waals surface area (Å²) in [4.78, 5) is 0. The maximum Gasteiger partial charge on any atom is 0.490 e. The van der Waals surface area contributed by atoms with E-state index in [2.05, 4.69) is 26.2 Å². The van der Waals surface area contributed by atoms with Crippen LogP contribution in [0.25, 0.3) is 0 Å². The smallest absolute Gasteiger partial charge is 0.282 e. The van der Waals surface area contributed by atoms with E-state index in [1.54, 1.807) is 0 Å². The standard InChI is InChI=1S/C6H11O6PS/c1-3-5-10-13(7,11-6-4-2)12-14(8)9/h3-4,14H,1-2,5-6H2. The van der Waals surface area contributed by atoms with Crippen molar-refractivity contribution in [2.75, 3.05) is 13.2 Å². The van der Waals surface area contributed by atoms with Gasteiger partial charge in [0, 0.05) is 0 Å². The second kappa shape index (κ2) is 6.92. The van der Waals surface area contributed by atoms with Crippen LogP contribution in [-0.2, 0) is 28.6 Å².